The van der Waals surface area contributed by atoms with Crippen molar-refractivity contribution >= 4 is 5.97 Å². The molecule has 0 fully saturated rings. The maximum Gasteiger partial charge on any atom is 0.305 e. The molecule has 0 aliphatic heterocycles. The lowest BCUT2D eigenvalue weighted by Gasteiger charge is -2.07. The summed E-state index contributed by atoms with van der Waals surface area (Å²) in [5.74, 6) is 0.562. The Morgan fingerprint density at radius 2 is 2.09 bits per heavy atom. The third-order valence-corrected chi connectivity index (χ3v) is 1.85. The van der Waals surface area contributed by atoms with E-state index in [-0.39, 0.29) is 5.97 Å². The molecule has 2 heteroatoms. The van der Waals surface area contributed by atoms with Gasteiger partial charge in [0.15, 0.2) is 0 Å². The zero-order valence-corrected chi connectivity index (χ0v) is 7.72. The minimum Gasteiger partial charge on any atom is -0.469 e. The minimum absolute atomic E-state index is 0.0899. The second-order valence-electron chi connectivity index (χ2n) is 3.01. The summed E-state index contributed by atoms with van der Waals surface area (Å²) < 4.78 is 4.54. The molecule has 0 rings (SSSR count). The summed E-state index contributed by atoms with van der Waals surface area (Å²) in [7, 11) is 1.44. The van der Waals surface area contributed by atoms with Crippen molar-refractivity contribution in [2.75, 3.05) is 7.11 Å². The van der Waals surface area contributed by atoms with Crippen LogP contribution in [-0.2, 0) is 9.53 Å². The molecular weight excluding hydrogens is 140 g/mol. The summed E-state index contributed by atoms with van der Waals surface area (Å²) in [6, 6.07) is 0. The van der Waals surface area contributed by atoms with Gasteiger partial charge >= 0.3 is 5.97 Å². The number of methoxy groups -OCH3 is 1. The molecule has 0 aliphatic carbocycles. The highest BCUT2D eigenvalue weighted by Gasteiger charge is 2.04. The van der Waals surface area contributed by atoms with E-state index in [1.807, 2.05) is 0 Å². The van der Waals surface area contributed by atoms with Crippen molar-refractivity contribution in [1.82, 2.24) is 0 Å². The predicted molar refractivity (Wildman–Crippen MR) is 45.3 cm³/mol. The summed E-state index contributed by atoms with van der Waals surface area (Å²) in [6.45, 7) is 4.33. The van der Waals surface area contributed by atoms with Crippen LogP contribution in [0.1, 0.15) is 39.5 Å². The molecule has 0 N–H and O–H groups in total. The van der Waals surface area contributed by atoms with Gasteiger partial charge in [0.1, 0.15) is 0 Å². The molecule has 0 amide bonds. The maximum absolute atomic E-state index is 10.7. The van der Waals surface area contributed by atoms with E-state index >= 15 is 0 Å². The average molecular weight is 158 g/mol. The van der Waals surface area contributed by atoms with Gasteiger partial charge in [-0.1, -0.05) is 26.7 Å². The Morgan fingerprint density at radius 3 is 2.55 bits per heavy atom. The molecule has 0 aromatic rings. The minimum atomic E-state index is -0.0899. The van der Waals surface area contributed by atoms with Crippen molar-refractivity contribution in [3.05, 3.63) is 0 Å². The molecule has 0 aromatic heterocycles. The van der Waals surface area contributed by atoms with E-state index in [0.29, 0.717) is 12.3 Å². The molecule has 0 unspecified atom stereocenters. The van der Waals surface area contributed by atoms with Crippen LogP contribution < -0.4 is 0 Å². The average Bonchev–Trinajstić information content (AvgIpc) is 2.01. The second-order valence-corrected chi connectivity index (χ2v) is 3.01. The van der Waals surface area contributed by atoms with Gasteiger partial charge in [0.2, 0.25) is 0 Å². The van der Waals surface area contributed by atoms with Crippen molar-refractivity contribution in [3.8, 4) is 0 Å². The number of carbonyl (C=O) groups excluding carboxylic acids is 1. The van der Waals surface area contributed by atoms with Crippen LogP contribution in [0.15, 0.2) is 0 Å². The molecule has 11 heavy (non-hydrogen) atoms. The van der Waals surface area contributed by atoms with E-state index in [1.165, 1.54) is 20.0 Å². The van der Waals surface area contributed by atoms with E-state index in [4.69, 9.17) is 0 Å². The van der Waals surface area contributed by atoms with E-state index < -0.39 is 0 Å². The first-order valence-electron chi connectivity index (χ1n) is 4.27. The first-order chi connectivity index (χ1) is 5.20. The normalized spacial score (nSPS) is 12.6. The first kappa shape index (κ1) is 10.5. The van der Waals surface area contributed by atoms with Crippen molar-refractivity contribution in [1.29, 1.82) is 0 Å². The largest absolute Gasteiger partial charge is 0.469 e. The van der Waals surface area contributed by atoms with E-state index in [2.05, 4.69) is 18.6 Å². The van der Waals surface area contributed by atoms with Crippen LogP contribution in [0.25, 0.3) is 0 Å². The smallest absolute Gasteiger partial charge is 0.305 e. The SMILES string of the molecule is CCC[C@H](C)CCC(=O)OC. The molecule has 0 saturated heterocycles. The van der Waals surface area contributed by atoms with E-state index in [1.54, 1.807) is 0 Å². The number of hydrogen-bond acceptors (Lipinski definition) is 2. The Morgan fingerprint density at radius 1 is 1.45 bits per heavy atom. The topological polar surface area (TPSA) is 26.3 Å². The molecule has 0 saturated carbocycles. The van der Waals surface area contributed by atoms with Crippen molar-refractivity contribution in [3.63, 3.8) is 0 Å². The van der Waals surface area contributed by atoms with E-state index in [0.717, 1.165) is 6.42 Å². The lowest BCUT2D eigenvalue weighted by molar-refractivity contribution is -0.140. The number of esters is 1. The molecule has 2 nitrogen and oxygen atoms in total. The molecule has 66 valence electrons. The Kier molecular flexibility index (Phi) is 5.90. The molecule has 1 atom stereocenters. The first-order valence-corrected chi connectivity index (χ1v) is 4.27. The Bertz CT molecular complexity index is 110. The summed E-state index contributed by atoms with van der Waals surface area (Å²) >= 11 is 0. The summed E-state index contributed by atoms with van der Waals surface area (Å²) in [5.41, 5.74) is 0. The van der Waals surface area contributed by atoms with Crippen molar-refractivity contribution < 1.29 is 9.53 Å². The zero-order valence-electron chi connectivity index (χ0n) is 7.72. The highest BCUT2D eigenvalue weighted by molar-refractivity contribution is 5.69. The standard InChI is InChI=1S/C9H18O2/c1-4-5-8(2)6-7-9(10)11-3/h8H,4-7H2,1-3H3/t8-/m0/s1. The molecule has 0 heterocycles. The van der Waals surface area contributed by atoms with Gasteiger partial charge in [-0.3, -0.25) is 4.79 Å². The molecule has 0 spiro atoms. The monoisotopic (exact) mass is 158 g/mol. The van der Waals surface area contributed by atoms with Crippen LogP contribution in [0, 0.1) is 5.92 Å². The lowest BCUT2D eigenvalue weighted by Crippen LogP contribution is -2.03. The quantitative estimate of drug-likeness (QED) is 0.574. The van der Waals surface area contributed by atoms with Gasteiger partial charge in [0, 0.05) is 6.42 Å². The molecule has 0 bridgehead atoms. The predicted octanol–water partition coefficient (Wildman–Crippen LogP) is 2.38. The Hall–Kier alpha value is -0.530. The van der Waals surface area contributed by atoms with Crippen LogP contribution in [-0.4, -0.2) is 13.1 Å². The van der Waals surface area contributed by atoms with Crippen molar-refractivity contribution in [2.45, 2.75) is 39.5 Å². The van der Waals surface area contributed by atoms with E-state index in [9.17, 15) is 4.79 Å². The number of ether oxygens (including phenoxy) is 1. The van der Waals surface area contributed by atoms with Gasteiger partial charge in [-0.2, -0.15) is 0 Å². The number of hydrogen-bond donors (Lipinski definition) is 0. The van der Waals surface area contributed by atoms with Crippen LogP contribution in [0.3, 0.4) is 0 Å². The fourth-order valence-corrected chi connectivity index (χ4v) is 1.10. The zero-order chi connectivity index (χ0) is 8.69. The number of carbonyl (C=O) groups is 1. The van der Waals surface area contributed by atoms with Gasteiger partial charge in [0.05, 0.1) is 7.11 Å². The molecule has 0 radical (unpaired) electrons. The van der Waals surface area contributed by atoms with Gasteiger partial charge in [-0.15, -0.1) is 0 Å². The molecular formula is C9H18O2. The highest BCUT2D eigenvalue weighted by atomic mass is 16.5. The fourth-order valence-electron chi connectivity index (χ4n) is 1.10. The second kappa shape index (κ2) is 6.20. The lowest BCUT2D eigenvalue weighted by atomic mass is 10.0. The molecule has 0 aromatic carbocycles. The third-order valence-electron chi connectivity index (χ3n) is 1.85. The third kappa shape index (κ3) is 5.89. The van der Waals surface area contributed by atoms with Crippen LogP contribution >= 0.6 is 0 Å². The van der Waals surface area contributed by atoms with Gasteiger partial charge in [-0.25, -0.2) is 0 Å². The highest BCUT2D eigenvalue weighted by Crippen LogP contribution is 2.12. The van der Waals surface area contributed by atoms with Gasteiger partial charge in [-0.05, 0) is 12.3 Å². The van der Waals surface area contributed by atoms with Gasteiger partial charge in [0.25, 0.3) is 0 Å². The van der Waals surface area contributed by atoms with Crippen LogP contribution in [0.4, 0.5) is 0 Å². The maximum atomic E-state index is 10.7. The van der Waals surface area contributed by atoms with Gasteiger partial charge < -0.3 is 4.74 Å². The molecule has 0 aliphatic rings. The fraction of sp³-hybridized carbons (Fsp3) is 0.889. The summed E-state index contributed by atoms with van der Waals surface area (Å²) in [4.78, 5) is 10.7. The van der Waals surface area contributed by atoms with Crippen molar-refractivity contribution in [2.24, 2.45) is 5.92 Å². The Labute approximate surface area is 68.9 Å². The summed E-state index contributed by atoms with van der Waals surface area (Å²) in [6.07, 6.45) is 3.93. The van der Waals surface area contributed by atoms with Crippen LogP contribution in [0.2, 0.25) is 0 Å². The summed E-state index contributed by atoms with van der Waals surface area (Å²) in [5, 5.41) is 0. The van der Waals surface area contributed by atoms with Crippen LogP contribution in [0.5, 0.6) is 0 Å². The number of rotatable bonds is 5. The Balaban J connectivity index is 3.29.